The van der Waals surface area contributed by atoms with Crippen LogP contribution in [0, 0.1) is 15.9 Å². The number of hydrogen-bond acceptors (Lipinski definition) is 3. The van der Waals surface area contributed by atoms with Crippen LogP contribution in [-0.2, 0) is 0 Å². The number of rotatable bonds is 1. The van der Waals surface area contributed by atoms with E-state index in [2.05, 4.69) is 0 Å². The van der Waals surface area contributed by atoms with E-state index < -0.39 is 16.4 Å². The Balaban J connectivity index is 0. The lowest BCUT2D eigenvalue weighted by atomic mass is 10.3. The molecular weight excluding hydrogens is 199 g/mol. The number of benzene rings is 1. The fourth-order valence-electron chi connectivity index (χ4n) is 0.670. The fourth-order valence-corrected chi connectivity index (χ4v) is 0.670. The van der Waals surface area contributed by atoms with Crippen LogP contribution in [0.15, 0.2) is 18.2 Å². The first kappa shape index (κ1) is 15.8. The van der Waals surface area contributed by atoms with Crippen molar-refractivity contribution >= 4 is 11.4 Å². The molecule has 0 unspecified atom stereocenters. The summed E-state index contributed by atoms with van der Waals surface area (Å²) in [7, 11) is 0. The van der Waals surface area contributed by atoms with E-state index in [9.17, 15) is 14.5 Å². The Labute approximate surface area is 89.1 Å². The molecule has 15 heavy (non-hydrogen) atoms. The second-order valence-corrected chi connectivity index (χ2v) is 1.97. The number of nitro benzene ring substituents is 1. The molecule has 0 aliphatic rings. The van der Waals surface area contributed by atoms with Gasteiger partial charge in [-0.1, -0.05) is 27.7 Å². The SMILES string of the molecule is CC.CC.Nc1ccc(F)c([N+](=O)[O-])c1. The molecule has 0 spiro atoms. The van der Waals surface area contributed by atoms with Crippen LogP contribution in [0.2, 0.25) is 0 Å². The molecular formula is C10H17FN2O2. The van der Waals surface area contributed by atoms with Crippen LogP contribution in [0.1, 0.15) is 27.7 Å². The van der Waals surface area contributed by atoms with Crippen molar-refractivity contribution in [2.45, 2.75) is 27.7 Å². The minimum Gasteiger partial charge on any atom is -0.399 e. The Hall–Kier alpha value is -1.65. The normalized spacial score (nSPS) is 7.80. The zero-order valence-corrected chi connectivity index (χ0v) is 9.45. The van der Waals surface area contributed by atoms with E-state index in [1.165, 1.54) is 6.07 Å². The van der Waals surface area contributed by atoms with Crippen molar-refractivity contribution in [2.24, 2.45) is 0 Å². The summed E-state index contributed by atoms with van der Waals surface area (Å²) in [5.41, 5.74) is 4.78. The quantitative estimate of drug-likeness (QED) is 0.444. The number of nitrogens with two attached hydrogens (primary N) is 1. The van der Waals surface area contributed by atoms with Gasteiger partial charge < -0.3 is 5.73 Å². The summed E-state index contributed by atoms with van der Waals surface area (Å²) < 4.78 is 12.5. The zero-order chi connectivity index (χ0) is 12.4. The van der Waals surface area contributed by atoms with Crippen molar-refractivity contribution in [2.75, 3.05) is 5.73 Å². The summed E-state index contributed by atoms with van der Waals surface area (Å²) in [6.45, 7) is 8.00. The molecule has 0 heterocycles. The Bertz CT molecular complexity index is 303. The highest BCUT2D eigenvalue weighted by Gasteiger charge is 2.12. The lowest BCUT2D eigenvalue weighted by Crippen LogP contribution is -1.94. The molecule has 0 saturated carbocycles. The summed E-state index contributed by atoms with van der Waals surface area (Å²) in [5, 5.41) is 10.1. The molecule has 0 radical (unpaired) electrons. The summed E-state index contributed by atoms with van der Waals surface area (Å²) in [5.74, 6) is -0.871. The van der Waals surface area contributed by atoms with Crippen molar-refractivity contribution in [1.29, 1.82) is 0 Å². The monoisotopic (exact) mass is 216 g/mol. The van der Waals surface area contributed by atoms with Crippen LogP contribution in [0.3, 0.4) is 0 Å². The Morgan fingerprint density at radius 2 is 1.73 bits per heavy atom. The van der Waals surface area contributed by atoms with Gasteiger partial charge in [0, 0.05) is 11.8 Å². The topological polar surface area (TPSA) is 69.2 Å². The van der Waals surface area contributed by atoms with E-state index in [-0.39, 0.29) is 5.69 Å². The zero-order valence-electron chi connectivity index (χ0n) is 9.45. The molecule has 4 nitrogen and oxygen atoms in total. The van der Waals surface area contributed by atoms with E-state index in [4.69, 9.17) is 5.73 Å². The molecule has 1 aromatic carbocycles. The van der Waals surface area contributed by atoms with Crippen molar-refractivity contribution < 1.29 is 9.31 Å². The van der Waals surface area contributed by atoms with Crippen molar-refractivity contribution in [3.8, 4) is 0 Å². The van der Waals surface area contributed by atoms with Crippen LogP contribution >= 0.6 is 0 Å². The van der Waals surface area contributed by atoms with Crippen LogP contribution in [0.5, 0.6) is 0 Å². The Morgan fingerprint density at radius 3 is 2.07 bits per heavy atom. The van der Waals surface area contributed by atoms with Crippen molar-refractivity contribution in [3.63, 3.8) is 0 Å². The smallest absolute Gasteiger partial charge is 0.306 e. The lowest BCUT2D eigenvalue weighted by Gasteiger charge is -1.93. The van der Waals surface area contributed by atoms with E-state index >= 15 is 0 Å². The Morgan fingerprint density at radius 1 is 1.27 bits per heavy atom. The van der Waals surface area contributed by atoms with Crippen LogP contribution < -0.4 is 5.73 Å². The fraction of sp³-hybridized carbons (Fsp3) is 0.400. The maximum atomic E-state index is 12.5. The first-order chi connectivity index (χ1) is 7.11. The van der Waals surface area contributed by atoms with Crippen LogP contribution in [0.25, 0.3) is 0 Å². The average molecular weight is 216 g/mol. The summed E-state index contributed by atoms with van der Waals surface area (Å²) in [6, 6.07) is 3.21. The molecule has 0 aliphatic heterocycles. The van der Waals surface area contributed by atoms with Crippen molar-refractivity contribution in [3.05, 3.63) is 34.1 Å². The molecule has 0 fully saturated rings. The minimum absolute atomic E-state index is 0.179. The molecule has 86 valence electrons. The molecule has 1 aromatic rings. The van der Waals surface area contributed by atoms with Crippen LogP contribution in [-0.4, -0.2) is 4.92 Å². The third-order valence-electron chi connectivity index (χ3n) is 1.17. The van der Waals surface area contributed by atoms with Crippen molar-refractivity contribution in [1.82, 2.24) is 0 Å². The van der Waals surface area contributed by atoms with Gasteiger partial charge in [-0.05, 0) is 12.1 Å². The van der Waals surface area contributed by atoms with Gasteiger partial charge in [0.25, 0.3) is 0 Å². The number of anilines is 1. The Kier molecular flexibility index (Phi) is 9.41. The molecule has 0 saturated heterocycles. The predicted molar refractivity (Wildman–Crippen MR) is 60.2 cm³/mol. The van der Waals surface area contributed by atoms with E-state index in [0.29, 0.717) is 0 Å². The predicted octanol–water partition coefficient (Wildman–Crippen LogP) is 3.37. The molecule has 5 heteroatoms. The standard InChI is InChI=1S/C6H5FN2O2.2C2H6/c7-5-2-1-4(8)3-6(5)9(10)11;2*1-2/h1-3H,8H2;2*1-2H3. The first-order valence-corrected chi connectivity index (χ1v) is 4.80. The summed E-state index contributed by atoms with van der Waals surface area (Å²) in [4.78, 5) is 9.27. The molecule has 2 N–H and O–H groups in total. The van der Waals surface area contributed by atoms with E-state index in [0.717, 1.165) is 12.1 Å². The third kappa shape index (κ3) is 5.61. The second kappa shape index (κ2) is 8.93. The van der Waals surface area contributed by atoms with Gasteiger partial charge in [0.15, 0.2) is 0 Å². The van der Waals surface area contributed by atoms with Gasteiger partial charge in [-0.25, -0.2) is 0 Å². The molecule has 1 rings (SSSR count). The lowest BCUT2D eigenvalue weighted by molar-refractivity contribution is -0.387. The summed E-state index contributed by atoms with van der Waals surface area (Å²) in [6.07, 6.45) is 0. The second-order valence-electron chi connectivity index (χ2n) is 1.97. The largest absolute Gasteiger partial charge is 0.399 e. The number of halogens is 1. The van der Waals surface area contributed by atoms with Gasteiger partial charge in [0.1, 0.15) is 0 Å². The van der Waals surface area contributed by atoms with Gasteiger partial charge in [-0.15, -0.1) is 0 Å². The van der Waals surface area contributed by atoms with Gasteiger partial charge in [0.05, 0.1) is 4.92 Å². The molecule has 0 aliphatic carbocycles. The number of nitrogens with zero attached hydrogens (tertiary/aromatic N) is 1. The molecule has 0 aromatic heterocycles. The number of nitro groups is 1. The van der Waals surface area contributed by atoms with Gasteiger partial charge >= 0.3 is 5.69 Å². The first-order valence-electron chi connectivity index (χ1n) is 4.80. The van der Waals surface area contributed by atoms with Crippen LogP contribution in [0.4, 0.5) is 15.8 Å². The van der Waals surface area contributed by atoms with E-state index in [1.54, 1.807) is 0 Å². The number of nitrogen functional groups attached to an aromatic ring is 1. The molecule has 0 atom stereocenters. The average Bonchev–Trinajstić information content (AvgIpc) is 2.27. The minimum atomic E-state index is -0.871. The number of hydrogen-bond donors (Lipinski definition) is 1. The van der Waals surface area contributed by atoms with Gasteiger partial charge in [-0.3, -0.25) is 10.1 Å². The highest BCUT2D eigenvalue weighted by Crippen LogP contribution is 2.18. The molecule has 0 bridgehead atoms. The van der Waals surface area contributed by atoms with Gasteiger partial charge in [-0.2, -0.15) is 4.39 Å². The van der Waals surface area contributed by atoms with E-state index in [1.807, 2.05) is 27.7 Å². The highest BCUT2D eigenvalue weighted by atomic mass is 19.1. The maximum Gasteiger partial charge on any atom is 0.306 e. The maximum absolute atomic E-state index is 12.5. The third-order valence-corrected chi connectivity index (χ3v) is 1.17. The van der Waals surface area contributed by atoms with Gasteiger partial charge in [0.2, 0.25) is 5.82 Å². The molecule has 0 amide bonds. The summed E-state index contributed by atoms with van der Waals surface area (Å²) >= 11 is 0. The highest BCUT2D eigenvalue weighted by molar-refractivity contribution is 5.47.